The lowest BCUT2D eigenvalue weighted by atomic mass is 9.79. The number of benzene rings is 1. The summed E-state index contributed by atoms with van der Waals surface area (Å²) in [6.07, 6.45) is 0. The zero-order valence-corrected chi connectivity index (χ0v) is 9.54. The first-order chi connectivity index (χ1) is 8.45. The molecule has 0 atom stereocenters. The molecule has 0 spiro atoms. The summed E-state index contributed by atoms with van der Waals surface area (Å²) in [5.41, 5.74) is -1.05. The van der Waals surface area contributed by atoms with Gasteiger partial charge in [0.1, 0.15) is 5.75 Å². The van der Waals surface area contributed by atoms with Crippen LogP contribution in [0, 0.1) is 5.41 Å². The predicted molar refractivity (Wildman–Crippen MR) is 61.1 cm³/mol. The number of carboxylic acids is 2. The van der Waals surface area contributed by atoms with Crippen molar-refractivity contribution in [2.24, 2.45) is 5.41 Å². The first-order valence-corrected chi connectivity index (χ1v) is 5.42. The van der Waals surface area contributed by atoms with Crippen LogP contribution in [0.2, 0.25) is 0 Å². The highest BCUT2D eigenvalue weighted by molar-refractivity contribution is 6.00. The average molecular weight is 251 g/mol. The Hall–Kier alpha value is -2.08. The SMILES string of the molecule is O=C(O)C1(C(=O)O)CN(Cc2ccccc2O)C1. The molecule has 0 aliphatic carbocycles. The van der Waals surface area contributed by atoms with E-state index in [2.05, 4.69) is 0 Å². The Labute approximate surface area is 103 Å². The second kappa shape index (κ2) is 4.30. The molecule has 2 rings (SSSR count). The van der Waals surface area contributed by atoms with Crippen molar-refractivity contribution in [3.05, 3.63) is 29.8 Å². The van der Waals surface area contributed by atoms with Crippen molar-refractivity contribution < 1.29 is 24.9 Å². The number of aliphatic carboxylic acids is 2. The number of aromatic hydroxyl groups is 1. The lowest BCUT2D eigenvalue weighted by Gasteiger charge is -2.44. The third-order valence-corrected chi connectivity index (χ3v) is 3.19. The van der Waals surface area contributed by atoms with Gasteiger partial charge in [0.25, 0.3) is 0 Å². The van der Waals surface area contributed by atoms with Crippen molar-refractivity contribution in [3.8, 4) is 5.75 Å². The van der Waals surface area contributed by atoms with Gasteiger partial charge in [-0.2, -0.15) is 0 Å². The summed E-state index contributed by atoms with van der Waals surface area (Å²) in [6.45, 7) is 0.243. The number of hydrogen-bond donors (Lipinski definition) is 3. The summed E-state index contributed by atoms with van der Waals surface area (Å²) in [6, 6.07) is 6.71. The minimum absolute atomic E-state index is 0.0496. The largest absolute Gasteiger partial charge is 0.508 e. The molecule has 0 unspecified atom stereocenters. The van der Waals surface area contributed by atoms with E-state index in [-0.39, 0.29) is 18.8 Å². The summed E-state index contributed by atoms with van der Waals surface area (Å²) < 4.78 is 0. The van der Waals surface area contributed by atoms with Crippen molar-refractivity contribution in [1.29, 1.82) is 0 Å². The lowest BCUT2D eigenvalue weighted by Crippen LogP contribution is -2.63. The third kappa shape index (κ3) is 1.91. The fourth-order valence-electron chi connectivity index (χ4n) is 2.08. The summed E-state index contributed by atoms with van der Waals surface area (Å²) in [5.74, 6) is -2.51. The second-order valence-corrected chi connectivity index (χ2v) is 4.47. The maximum Gasteiger partial charge on any atom is 0.323 e. The van der Waals surface area contributed by atoms with Crippen molar-refractivity contribution in [3.63, 3.8) is 0 Å². The van der Waals surface area contributed by atoms with Crippen molar-refractivity contribution in [2.45, 2.75) is 6.54 Å². The van der Waals surface area contributed by atoms with Crippen LogP contribution < -0.4 is 0 Å². The van der Waals surface area contributed by atoms with Crippen molar-refractivity contribution in [1.82, 2.24) is 4.90 Å². The highest BCUT2D eigenvalue weighted by Crippen LogP contribution is 2.33. The molecule has 0 bridgehead atoms. The van der Waals surface area contributed by atoms with Crippen LogP contribution in [0.25, 0.3) is 0 Å². The molecule has 3 N–H and O–H groups in total. The van der Waals surface area contributed by atoms with Crippen LogP contribution in [0.5, 0.6) is 5.75 Å². The summed E-state index contributed by atoms with van der Waals surface area (Å²) >= 11 is 0. The molecule has 96 valence electrons. The molecule has 0 aromatic heterocycles. The summed E-state index contributed by atoms with van der Waals surface area (Å²) in [5, 5.41) is 27.4. The van der Waals surface area contributed by atoms with Crippen LogP contribution in [-0.2, 0) is 16.1 Å². The lowest BCUT2D eigenvalue weighted by molar-refractivity contribution is -0.178. The maximum atomic E-state index is 11.0. The van der Waals surface area contributed by atoms with Gasteiger partial charge >= 0.3 is 11.9 Å². The van der Waals surface area contributed by atoms with E-state index < -0.39 is 17.4 Å². The van der Waals surface area contributed by atoms with E-state index in [0.717, 1.165) is 0 Å². The fraction of sp³-hybridized carbons (Fsp3) is 0.333. The molecular weight excluding hydrogens is 238 g/mol. The van der Waals surface area contributed by atoms with E-state index in [1.807, 2.05) is 0 Å². The molecule has 1 heterocycles. The Balaban J connectivity index is 2.03. The molecule has 1 aliphatic rings. The van der Waals surface area contributed by atoms with Crippen LogP contribution in [0.1, 0.15) is 5.56 Å². The molecule has 6 heteroatoms. The highest BCUT2D eigenvalue weighted by Gasteiger charge is 2.56. The summed E-state index contributed by atoms with van der Waals surface area (Å²) in [4.78, 5) is 23.6. The maximum absolute atomic E-state index is 11.0. The van der Waals surface area contributed by atoms with E-state index >= 15 is 0 Å². The Morgan fingerprint density at radius 1 is 1.17 bits per heavy atom. The monoisotopic (exact) mass is 251 g/mol. The minimum Gasteiger partial charge on any atom is -0.508 e. The van der Waals surface area contributed by atoms with Crippen LogP contribution in [-0.4, -0.2) is 45.2 Å². The van der Waals surface area contributed by atoms with E-state index in [4.69, 9.17) is 10.2 Å². The number of hydrogen-bond acceptors (Lipinski definition) is 4. The molecule has 18 heavy (non-hydrogen) atoms. The zero-order valence-electron chi connectivity index (χ0n) is 9.54. The first-order valence-electron chi connectivity index (χ1n) is 5.42. The molecule has 1 saturated heterocycles. The normalized spacial score (nSPS) is 18.0. The van der Waals surface area contributed by atoms with Gasteiger partial charge in [-0.3, -0.25) is 14.5 Å². The quantitative estimate of drug-likeness (QED) is 0.668. The second-order valence-electron chi connectivity index (χ2n) is 4.47. The number of phenols is 1. The smallest absolute Gasteiger partial charge is 0.323 e. The molecule has 1 aromatic rings. The molecule has 6 nitrogen and oxygen atoms in total. The van der Waals surface area contributed by atoms with E-state index in [1.165, 1.54) is 6.07 Å². The van der Waals surface area contributed by atoms with Crippen LogP contribution in [0.4, 0.5) is 0 Å². The van der Waals surface area contributed by atoms with Gasteiger partial charge in [0.15, 0.2) is 5.41 Å². The highest BCUT2D eigenvalue weighted by atomic mass is 16.4. The predicted octanol–water partition coefficient (Wildman–Crippen LogP) is 0.363. The van der Waals surface area contributed by atoms with Gasteiger partial charge in [0, 0.05) is 25.2 Å². The molecule has 0 radical (unpaired) electrons. The van der Waals surface area contributed by atoms with Gasteiger partial charge in [0.2, 0.25) is 0 Å². The number of carboxylic acid groups (broad SMARTS) is 2. The van der Waals surface area contributed by atoms with E-state index in [1.54, 1.807) is 23.1 Å². The molecule has 1 aliphatic heterocycles. The number of rotatable bonds is 4. The Morgan fingerprint density at radius 2 is 1.72 bits per heavy atom. The van der Waals surface area contributed by atoms with E-state index in [9.17, 15) is 14.7 Å². The minimum atomic E-state index is -1.70. The number of nitrogens with zero attached hydrogens (tertiary/aromatic N) is 1. The van der Waals surface area contributed by atoms with Gasteiger partial charge in [-0.15, -0.1) is 0 Å². The Bertz CT molecular complexity index is 477. The molecule has 0 saturated carbocycles. The average Bonchev–Trinajstić information content (AvgIpc) is 2.23. The zero-order chi connectivity index (χ0) is 13.3. The number of para-hydroxylation sites is 1. The van der Waals surface area contributed by atoms with Gasteiger partial charge < -0.3 is 15.3 Å². The molecular formula is C12H13NO5. The molecule has 0 amide bonds. The van der Waals surface area contributed by atoms with Gasteiger partial charge in [-0.05, 0) is 6.07 Å². The Morgan fingerprint density at radius 3 is 2.22 bits per heavy atom. The van der Waals surface area contributed by atoms with Gasteiger partial charge in [-0.25, -0.2) is 0 Å². The van der Waals surface area contributed by atoms with Gasteiger partial charge in [0.05, 0.1) is 0 Å². The van der Waals surface area contributed by atoms with Crippen molar-refractivity contribution in [2.75, 3.05) is 13.1 Å². The standard InChI is InChI=1S/C12H13NO5/c14-9-4-2-1-3-8(9)5-13-6-12(7-13,10(15)16)11(17)18/h1-4,14H,5-7H2,(H,15,16)(H,17,18). The number of carbonyl (C=O) groups is 2. The molecule has 1 aromatic carbocycles. The van der Waals surface area contributed by atoms with E-state index in [0.29, 0.717) is 12.1 Å². The topological polar surface area (TPSA) is 98.1 Å². The molecule has 1 fully saturated rings. The van der Waals surface area contributed by atoms with Gasteiger partial charge in [-0.1, -0.05) is 18.2 Å². The number of likely N-dealkylation sites (tertiary alicyclic amines) is 1. The number of phenolic OH excluding ortho intramolecular Hbond substituents is 1. The summed E-state index contributed by atoms with van der Waals surface area (Å²) in [7, 11) is 0. The fourth-order valence-corrected chi connectivity index (χ4v) is 2.08. The first kappa shape index (κ1) is 12.4. The van der Waals surface area contributed by atoms with Crippen molar-refractivity contribution >= 4 is 11.9 Å². The van der Waals surface area contributed by atoms with Crippen LogP contribution >= 0.6 is 0 Å². The van der Waals surface area contributed by atoms with Crippen LogP contribution in [0.15, 0.2) is 24.3 Å². The van der Waals surface area contributed by atoms with Crippen LogP contribution in [0.3, 0.4) is 0 Å². The third-order valence-electron chi connectivity index (χ3n) is 3.19. The Kier molecular flexibility index (Phi) is 2.96.